The molecular weight excluding hydrogens is 887 g/mol. The number of quaternary nitrogens is 1. The molecule has 0 spiro atoms. The highest BCUT2D eigenvalue weighted by Crippen LogP contribution is 2.17. The van der Waals surface area contributed by atoms with E-state index in [1.807, 2.05) is 21.1 Å². The Hall–Kier alpha value is -2.49. The van der Waals surface area contributed by atoms with Crippen molar-refractivity contribution >= 4 is 17.9 Å². The standard InChI is InChI=1S/C62H115NO8/c1-6-8-10-12-14-16-18-20-22-24-26-27-28-29-30-31-32-33-35-37-39-41-43-45-47-49-51-53-60(65)71-58(57-70-62(61(66)67)68-55-54-63(3,4)5)56-69-59(64)52-50-48-46-44-42-40-38-36-34-25-23-21-19-17-15-13-11-9-7-2/h18,20-21,23-24,26,58,62H,6-17,19,22,25,27-57H2,1-5H3/b20-18-,23-21-,26-24-. The van der Waals surface area contributed by atoms with Crippen molar-refractivity contribution in [2.24, 2.45) is 0 Å². The van der Waals surface area contributed by atoms with Gasteiger partial charge in [0, 0.05) is 12.8 Å². The second-order valence-corrected chi connectivity index (χ2v) is 21.6. The molecule has 2 unspecified atom stereocenters. The third kappa shape index (κ3) is 55.1. The van der Waals surface area contributed by atoms with Crippen LogP contribution in [0.15, 0.2) is 36.5 Å². The predicted molar refractivity (Wildman–Crippen MR) is 297 cm³/mol. The first-order valence-electron chi connectivity index (χ1n) is 30.1. The highest BCUT2D eigenvalue weighted by Gasteiger charge is 2.22. The number of carbonyl (C=O) groups is 3. The highest BCUT2D eigenvalue weighted by atomic mass is 16.7. The lowest BCUT2D eigenvalue weighted by Crippen LogP contribution is -2.44. The van der Waals surface area contributed by atoms with E-state index >= 15 is 0 Å². The topological polar surface area (TPSA) is 111 Å². The van der Waals surface area contributed by atoms with Crippen molar-refractivity contribution in [1.82, 2.24) is 0 Å². The molecule has 416 valence electrons. The normalized spacial score (nSPS) is 13.0. The maximum Gasteiger partial charge on any atom is 0.306 e. The molecular formula is C62H115NO8. The van der Waals surface area contributed by atoms with E-state index < -0.39 is 24.3 Å². The molecule has 0 rings (SSSR count). The fraction of sp³-hybridized carbons (Fsp3) is 0.855. The molecule has 0 aliphatic heterocycles. The SMILES string of the molecule is CCCCCCC/C=C\C/C=C\CCCCCCCCCCCCCCCCCC(=O)OC(COC(=O)CCCCCCCCCCC/C=C\CCCCCCCC)COC(OCC[N+](C)(C)C)C(=O)[O-]. The van der Waals surface area contributed by atoms with Crippen molar-refractivity contribution in [2.45, 2.75) is 296 Å². The summed E-state index contributed by atoms with van der Waals surface area (Å²) >= 11 is 0. The Kier molecular flexibility index (Phi) is 51.9. The molecule has 0 aromatic carbocycles. The van der Waals surface area contributed by atoms with Crippen LogP contribution in [0.3, 0.4) is 0 Å². The summed E-state index contributed by atoms with van der Waals surface area (Å²) in [6, 6.07) is 0. The van der Waals surface area contributed by atoms with Crippen LogP contribution in [0.1, 0.15) is 284 Å². The third-order valence-corrected chi connectivity index (χ3v) is 13.4. The summed E-state index contributed by atoms with van der Waals surface area (Å²) in [5.74, 6) is -2.27. The summed E-state index contributed by atoms with van der Waals surface area (Å²) in [6.07, 6.45) is 61.9. The maximum atomic E-state index is 12.9. The van der Waals surface area contributed by atoms with Gasteiger partial charge in [0.25, 0.3) is 0 Å². The van der Waals surface area contributed by atoms with E-state index in [0.29, 0.717) is 23.9 Å². The molecule has 0 amide bonds. The zero-order chi connectivity index (χ0) is 52.0. The zero-order valence-corrected chi connectivity index (χ0v) is 47.4. The van der Waals surface area contributed by atoms with Gasteiger partial charge in [0.15, 0.2) is 12.4 Å². The zero-order valence-electron chi connectivity index (χ0n) is 47.4. The molecule has 0 aliphatic rings. The average Bonchev–Trinajstić information content (AvgIpc) is 3.34. The molecule has 0 bridgehead atoms. The quantitative estimate of drug-likeness (QED) is 0.0195. The molecule has 0 radical (unpaired) electrons. The summed E-state index contributed by atoms with van der Waals surface area (Å²) < 4.78 is 22.7. The van der Waals surface area contributed by atoms with Gasteiger partial charge in [0.05, 0.1) is 40.3 Å². The first kappa shape index (κ1) is 68.5. The first-order valence-corrected chi connectivity index (χ1v) is 30.1. The van der Waals surface area contributed by atoms with Crippen molar-refractivity contribution in [3.05, 3.63) is 36.5 Å². The monoisotopic (exact) mass is 1000 g/mol. The molecule has 71 heavy (non-hydrogen) atoms. The summed E-state index contributed by atoms with van der Waals surface area (Å²) in [6.45, 7) is 4.77. The molecule has 0 aromatic rings. The van der Waals surface area contributed by atoms with Gasteiger partial charge in [0.1, 0.15) is 13.2 Å². The van der Waals surface area contributed by atoms with Gasteiger partial charge in [-0.1, -0.05) is 237 Å². The van der Waals surface area contributed by atoms with Crippen LogP contribution in [0.2, 0.25) is 0 Å². The number of aliphatic carboxylic acids is 1. The predicted octanol–water partition coefficient (Wildman–Crippen LogP) is 16.3. The van der Waals surface area contributed by atoms with Crippen LogP contribution in [0.4, 0.5) is 0 Å². The number of unbranched alkanes of at least 4 members (excludes halogenated alkanes) is 35. The largest absolute Gasteiger partial charge is 0.545 e. The van der Waals surface area contributed by atoms with Crippen LogP contribution < -0.4 is 5.11 Å². The number of rotatable bonds is 56. The molecule has 9 nitrogen and oxygen atoms in total. The van der Waals surface area contributed by atoms with E-state index in [4.69, 9.17) is 18.9 Å². The van der Waals surface area contributed by atoms with Crippen molar-refractivity contribution in [3.63, 3.8) is 0 Å². The average molecular weight is 1000 g/mol. The van der Waals surface area contributed by atoms with Crippen LogP contribution in [0.5, 0.6) is 0 Å². The smallest absolute Gasteiger partial charge is 0.306 e. The Morgan fingerprint density at radius 3 is 1.13 bits per heavy atom. The number of carboxylic acid groups (broad SMARTS) is 1. The fourth-order valence-electron chi connectivity index (χ4n) is 8.68. The maximum absolute atomic E-state index is 12.9. The number of carbonyl (C=O) groups excluding carboxylic acids is 3. The number of esters is 2. The van der Waals surface area contributed by atoms with E-state index in [9.17, 15) is 19.5 Å². The van der Waals surface area contributed by atoms with Gasteiger partial charge in [0.2, 0.25) is 0 Å². The lowest BCUT2D eigenvalue weighted by molar-refractivity contribution is -0.870. The molecule has 0 heterocycles. The number of hydrogen-bond acceptors (Lipinski definition) is 8. The lowest BCUT2D eigenvalue weighted by Gasteiger charge is -2.26. The van der Waals surface area contributed by atoms with Gasteiger partial charge >= 0.3 is 11.9 Å². The first-order chi connectivity index (χ1) is 34.6. The second-order valence-electron chi connectivity index (χ2n) is 21.6. The van der Waals surface area contributed by atoms with Crippen molar-refractivity contribution in [3.8, 4) is 0 Å². The highest BCUT2D eigenvalue weighted by molar-refractivity contribution is 5.70. The summed E-state index contributed by atoms with van der Waals surface area (Å²) in [5, 5.41) is 11.8. The van der Waals surface area contributed by atoms with Crippen LogP contribution in [-0.2, 0) is 33.3 Å². The molecule has 9 heteroatoms. The minimum absolute atomic E-state index is 0.149. The van der Waals surface area contributed by atoms with Crippen LogP contribution in [-0.4, -0.2) is 82.3 Å². The van der Waals surface area contributed by atoms with Crippen LogP contribution in [0.25, 0.3) is 0 Å². The Balaban J connectivity index is 4.18. The summed E-state index contributed by atoms with van der Waals surface area (Å²) in [7, 11) is 5.93. The molecule has 0 fully saturated rings. The fourth-order valence-corrected chi connectivity index (χ4v) is 8.68. The summed E-state index contributed by atoms with van der Waals surface area (Å²) in [4.78, 5) is 37.3. The lowest BCUT2D eigenvalue weighted by atomic mass is 10.0. The van der Waals surface area contributed by atoms with Gasteiger partial charge < -0.3 is 33.3 Å². The third-order valence-electron chi connectivity index (χ3n) is 13.4. The molecule has 2 atom stereocenters. The van der Waals surface area contributed by atoms with Crippen molar-refractivity contribution < 1.29 is 42.9 Å². The second kappa shape index (κ2) is 53.8. The number of nitrogens with zero attached hydrogens (tertiary/aromatic N) is 1. The van der Waals surface area contributed by atoms with E-state index in [1.165, 1.54) is 212 Å². The van der Waals surface area contributed by atoms with Gasteiger partial charge in [-0.2, -0.15) is 0 Å². The van der Waals surface area contributed by atoms with E-state index in [2.05, 4.69) is 50.3 Å². The van der Waals surface area contributed by atoms with Gasteiger partial charge in [-0.25, -0.2) is 0 Å². The summed E-state index contributed by atoms with van der Waals surface area (Å²) in [5.41, 5.74) is 0. The number of likely N-dealkylation sites (N-methyl/N-ethyl adjacent to an activating group) is 1. The minimum atomic E-state index is -1.62. The molecule has 0 aromatic heterocycles. The molecule has 0 N–H and O–H groups in total. The van der Waals surface area contributed by atoms with E-state index in [0.717, 1.165) is 38.5 Å². The van der Waals surface area contributed by atoms with Crippen LogP contribution >= 0.6 is 0 Å². The Morgan fingerprint density at radius 2 is 0.761 bits per heavy atom. The van der Waals surface area contributed by atoms with Crippen molar-refractivity contribution in [2.75, 3.05) is 47.5 Å². The van der Waals surface area contributed by atoms with Crippen molar-refractivity contribution in [1.29, 1.82) is 0 Å². The van der Waals surface area contributed by atoms with E-state index in [-0.39, 0.29) is 32.2 Å². The molecule has 0 aliphatic carbocycles. The van der Waals surface area contributed by atoms with E-state index in [1.54, 1.807) is 0 Å². The van der Waals surface area contributed by atoms with Crippen LogP contribution in [0, 0.1) is 0 Å². The van der Waals surface area contributed by atoms with Gasteiger partial charge in [-0.3, -0.25) is 9.59 Å². The number of allylic oxidation sites excluding steroid dienone is 6. The Morgan fingerprint density at radius 1 is 0.423 bits per heavy atom. The number of hydrogen-bond donors (Lipinski definition) is 0. The molecule has 0 saturated heterocycles. The number of carboxylic acids is 1. The molecule has 0 saturated carbocycles. The van der Waals surface area contributed by atoms with Gasteiger partial charge in [-0.05, 0) is 70.6 Å². The minimum Gasteiger partial charge on any atom is -0.545 e. The Bertz CT molecular complexity index is 1260. The number of ether oxygens (including phenoxy) is 4. The Labute approximate surface area is 439 Å². The van der Waals surface area contributed by atoms with Gasteiger partial charge in [-0.15, -0.1) is 0 Å².